The van der Waals surface area contributed by atoms with Gasteiger partial charge in [-0.2, -0.15) is 0 Å². The van der Waals surface area contributed by atoms with E-state index in [2.05, 4.69) is 4.90 Å². The van der Waals surface area contributed by atoms with Gasteiger partial charge < -0.3 is 14.5 Å². The van der Waals surface area contributed by atoms with Crippen molar-refractivity contribution in [2.24, 2.45) is 4.99 Å². The third-order valence-corrected chi connectivity index (χ3v) is 4.58. The lowest BCUT2D eigenvalue weighted by Gasteiger charge is -2.37. The second kappa shape index (κ2) is 10.6. The van der Waals surface area contributed by atoms with E-state index >= 15 is 0 Å². The molecular formula is C18H29ClFIN4O. The third-order valence-electron chi connectivity index (χ3n) is 4.25. The second-order valence-electron chi connectivity index (χ2n) is 6.76. The van der Waals surface area contributed by atoms with Crippen molar-refractivity contribution in [2.45, 2.75) is 19.1 Å². The standard InChI is InChI=1S/C18H28ClFN4O.HI/c1-13-12-24(9-10-25-13)16(11-21-18(22(2)3)23(4)5)17-14(19)7-6-8-15(17)20;/h6-8,13,16H,9-12H2,1-5H3;1H. The number of aliphatic imine (C=N–C) groups is 1. The predicted molar refractivity (Wildman–Crippen MR) is 116 cm³/mol. The molecule has 0 radical (unpaired) electrons. The van der Waals surface area contributed by atoms with Crippen LogP contribution in [0.15, 0.2) is 23.2 Å². The molecule has 5 nitrogen and oxygen atoms in total. The fraction of sp³-hybridized carbons (Fsp3) is 0.611. The zero-order valence-corrected chi connectivity index (χ0v) is 19.2. The Labute approximate surface area is 178 Å². The van der Waals surface area contributed by atoms with Crippen LogP contribution < -0.4 is 0 Å². The predicted octanol–water partition coefficient (Wildman–Crippen LogP) is 3.34. The number of rotatable bonds is 4. The third kappa shape index (κ3) is 5.94. The normalized spacial score (nSPS) is 18.7. The molecule has 26 heavy (non-hydrogen) atoms. The quantitative estimate of drug-likeness (QED) is 0.362. The van der Waals surface area contributed by atoms with Gasteiger partial charge in [-0.3, -0.25) is 9.89 Å². The zero-order valence-electron chi connectivity index (χ0n) is 16.1. The Morgan fingerprint density at radius 2 is 2.00 bits per heavy atom. The van der Waals surface area contributed by atoms with Gasteiger partial charge in [0.25, 0.3) is 0 Å². The molecule has 1 aromatic rings. The number of benzene rings is 1. The Balaban J connectivity index is 0.00000338. The first kappa shape index (κ1) is 23.4. The van der Waals surface area contributed by atoms with Crippen LogP contribution in [0.1, 0.15) is 18.5 Å². The fourth-order valence-electron chi connectivity index (χ4n) is 3.20. The van der Waals surface area contributed by atoms with E-state index in [9.17, 15) is 4.39 Å². The van der Waals surface area contributed by atoms with Crippen molar-refractivity contribution in [3.8, 4) is 0 Å². The average molecular weight is 499 g/mol. The number of nitrogens with zero attached hydrogens (tertiary/aromatic N) is 4. The van der Waals surface area contributed by atoms with Crippen molar-refractivity contribution < 1.29 is 9.13 Å². The molecule has 1 heterocycles. The first-order valence-corrected chi connectivity index (χ1v) is 8.87. The van der Waals surface area contributed by atoms with Crippen LogP contribution in [0.4, 0.5) is 4.39 Å². The summed E-state index contributed by atoms with van der Waals surface area (Å²) in [5.74, 6) is 0.543. The largest absolute Gasteiger partial charge is 0.376 e. The van der Waals surface area contributed by atoms with Crippen LogP contribution in [0.2, 0.25) is 5.02 Å². The summed E-state index contributed by atoms with van der Waals surface area (Å²) in [5, 5.41) is 0.440. The molecule has 1 aromatic carbocycles. The molecule has 1 fully saturated rings. The molecule has 1 saturated heterocycles. The number of hydrogen-bond acceptors (Lipinski definition) is 3. The van der Waals surface area contributed by atoms with Crippen molar-refractivity contribution in [1.29, 1.82) is 0 Å². The van der Waals surface area contributed by atoms with Crippen molar-refractivity contribution in [3.63, 3.8) is 0 Å². The Bertz CT molecular complexity index is 585. The van der Waals surface area contributed by atoms with Crippen molar-refractivity contribution >= 4 is 41.5 Å². The maximum absolute atomic E-state index is 14.6. The summed E-state index contributed by atoms with van der Waals surface area (Å²) >= 11 is 6.35. The number of guanidine groups is 1. The van der Waals surface area contributed by atoms with Crippen molar-refractivity contribution in [2.75, 3.05) is 54.4 Å². The Hall–Kier alpha value is -0.640. The van der Waals surface area contributed by atoms with Gasteiger partial charge in [-0.15, -0.1) is 24.0 Å². The van der Waals surface area contributed by atoms with Gasteiger partial charge in [0.15, 0.2) is 5.96 Å². The van der Waals surface area contributed by atoms with Gasteiger partial charge in [-0.05, 0) is 19.1 Å². The summed E-state index contributed by atoms with van der Waals surface area (Å²) in [7, 11) is 7.78. The summed E-state index contributed by atoms with van der Waals surface area (Å²) < 4.78 is 20.2. The van der Waals surface area contributed by atoms with E-state index in [1.165, 1.54) is 6.07 Å². The van der Waals surface area contributed by atoms with Crippen molar-refractivity contribution in [3.05, 3.63) is 34.6 Å². The highest BCUT2D eigenvalue weighted by Crippen LogP contribution is 2.31. The highest BCUT2D eigenvalue weighted by atomic mass is 127. The Morgan fingerprint density at radius 1 is 1.35 bits per heavy atom. The monoisotopic (exact) mass is 498 g/mol. The van der Waals surface area contributed by atoms with Gasteiger partial charge in [-0.1, -0.05) is 17.7 Å². The molecule has 0 aliphatic carbocycles. The van der Waals surface area contributed by atoms with E-state index in [4.69, 9.17) is 21.3 Å². The van der Waals surface area contributed by atoms with E-state index in [-0.39, 0.29) is 41.9 Å². The first-order chi connectivity index (χ1) is 11.8. The lowest BCUT2D eigenvalue weighted by atomic mass is 10.0. The van der Waals surface area contributed by atoms with E-state index in [0.717, 1.165) is 19.0 Å². The molecule has 1 aliphatic rings. The molecule has 8 heteroatoms. The van der Waals surface area contributed by atoms with Gasteiger partial charge in [0.2, 0.25) is 0 Å². The molecule has 148 valence electrons. The number of ether oxygens (including phenoxy) is 1. The highest BCUT2D eigenvalue weighted by Gasteiger charge is 2.29. The van der Waals surface area contributed by atoms with Crippen molar-refractivity contribution in [1.82, 2.24) is 14.7 Å². The van der Waals surface area contributed by atoms with Crippen LogP contribution >= 0.6 is 35.6 Å². The van der Waals surface area contributed by atoms with E-state index in [0.29, 0.717) is 23.7 Å². The number of hydrogen-bond donors (Lipinski definition) is 0. The number of halogens is 3. The van der Waals surface area contributed by atoms with Gasteiger partial charge in [0, 0.05) is 51.9 Å². The van der Waals surface area contributed by atoms with Crippen LogP contribution in [0.3, 0.4) is 0 Å². The molecule has 1 aliphatic heterocycles. The molecule has 2 atom stereocenters. The maximum atomic E-state index is 14.6. The molecule has 0 N–H and O–H groups in total. The van der Waals surface area contributed by atoms with Gasteiger partial charge in [-0.25, -0.2) is 4.39 Å². The second-order valence-corrected chi connectivity index (χ2v) is 7.16. The Kier molecular flexibility index (Phi) is 9.57. The van der Waals surface area contributed by atoms with Gasteiger partial charge in [0.1, 0.15) is 5.82 Å². The molecule has 0 spiro atoms. The zero-order chi connectivity index (χ0) is 18.6. The summed E-state index contributed by atoms with van der Waals surface area (Å²) in [5.41, 5.74) is 0.513. The molecule has 2 unspecified atom stereocenters. The molecule has 0 bridgehead atoms. The molecular weight excluding hydrogens is 470 g/mol. The van der Waals surface area contributed by atoms with Gasteiger partial charge in [0.05, 0.1) is 25.3 Å². The molecule has 2 rings (SSSR count). The minimum absolute atomic E-state index is 0. The lowest BCUT2D eigenvalue weighted by molar-refractivity contribution is -0.0337. The summed E-state index contributed by atoms with van der Waals surface area (Å²) in [4.78, 5) is 10.8. The summed E-state index contributed by atoms with van der Waals surface area (Å²) in [6.45, 7) is 4.54. The van der Waals surface area contributed by atoms with E-state index in [1.54, 1.807) is 12.1 Å². The smallest absolute Gasteiger partial charge is 0.195 e. The average Bonchev–Trinajstić information content (AvgIpc) is 2.52. The topological polar surface area (TPSA) is 31.3 Å². The Morgan fingerprint density at radius 3 is 2.54 bits per heavy atom. The summed E-state index contributed by atoms with van der Waals surface area (Å²) in [6.07, 6.45) is 0.105. The van der Waals surface area contributed by atoms with Crippen LogP contribution in [0.25, 0.3) is 0 Å². The SMILES string of the molecule is CC1CN(C(CN=C(N(C)C)N(C)C)c2c(F)cccc2Cl)CCO1.I. The lowest BCUT2D eigenvalue weighted by Crippen LogP contribution is -2.45. The minimum Gasteiger partial charge on any atom is -0.376 e. The minimum atomic E-state index is -0.289. The molecule has 0 amide bonds. The van der Waals surface area contributed by atoms with Crippen LogP contribution in [-0.4, -0.2) is 81.2 Å². The number of morpholine rings is 1. The molecule has 0 saturated carbocycles. The maximum Gasteiger partial charge on any atom is 0.195 e. The van der Waals surface area contributed by atoms with Crippen LogP contribution in [0, 0.1) is 5.82 Å². The van der Waals surface area contributed by atoms with Crippen LogP contribution in [0.5, 0.6) is 0 Å². The van der Waals surface area contributed by atoms with E-state index < -0.39 is 0 Å². The van der Waals surface area contributed by atoms with E-state index in [1.807, 2.05) is 44.9 Å². The highest BCUT2D eigenvalue weighted by molar-refractivity contribution is 14.0. The van der Waals surface area contributed by atoms with Crippen LogP contribution in [-0.2, 0) is 4.74 Å². The first-order valence-electron chi connectivity index (χ1n) is 8.50. The summed E-state index contributed by atoms with van der Waals surface area (Å²) in [6, 6.07) is 4.60. The fourth-order valence-corrected chi connectivity index (χ4v) is 3.49. The van der Waals surface area contributed by atoms with Gasteiger partial charge >= 0.3 is 0 Å². The molecule has 0 aromatic heterocycles.